The Morgan fingerprint density at radius 1 is 1.19 bits per heavy atom. The summed E-state index contributed by atoms with van der Waals surface area (Å²) in [5, 5.41) is 4.91. The number of H-pyrrole nitrogens is 1. The van der Waals surface area contributed by atoms with Crippen LogP contribution in [0.1, 0.15) is 51.1 Å². The SMILES string of the molecule is CC(C)CC[C@H](NC(=O)C1(N)CCN(c2ncnc3[nH]ccc23)CC1)c1ccc(Cl)cc1. The molecule has 170 valence electrons. The number of anilines is 1. The van der Waals surface area contributed by atoms with Crippen LogP contribution in [0.2, 0.25) is 5.02 Å². The van der Waals surface area contributed by atoms with Crippen molar-refractivity contribution in [3.05, 3.63) is 53.4 Å². The summed E-state index contributed by atoms with van der Waals surface area (Å²) >= 11 is 6.06. The van der Waals surface area contributed by atoms with E-state index in [0.717, 1.165) is 35.3 Å². The van der Waals surface area contributed by atoms with Crippen LogP contribution in [0.3, 0.4) is 0 Å². The second-order valence-corrected chi connectivity index (χ2v) is 9.57. The fraction of sp³-hybridized carbons (Fsp3) is 0.458. The monoisotopic (exact) mass is 454 g/mol. The van der Waals surface area contributed by atoms with Crippen LogP contribution in [-0.2, 0) is 4.79 Å². The van der Waals surface area contributed by atoms with Crippen molar-refractivity contribution in [3.8, 4) is 0 Å². The first kappa shape index (κ1) is 22.6. The molecule has 4 N–H and O–H groups in total. The van der Waals surface area contributed by atoms with Crippen LogP contribution in [0.4, 0.5) is 5.82 Å². The van der Waals surface area contributed by atoms with E-state index in [1.807, 2.05) is 36.5 Å². The minimum atomic E-state index is -0.900. The predicted octanol–water partition coefficient (Wildman–Crippen LogP) is 4.20. The number of hydrogen-bond donors (Lipinski definition) is 3. The minimum Gasteiger partial charge on any atom is -0.356 e. The normalized spacial score (nSPS) is 17.0. The average Bonchev–Trinajstić information content (AvgIpc) is 3.27. The van der Waals surface area contributed by atoms with Gasteiger partial charge in [0.05, 0.1) is 17.0 Å². The maximum atomic E-state index is 13.3. The smallest absolute Gasteiger partial charge is 0.240 e. The summed E-state index contributed by atoms with van der Waals surface area (Å²) in [6.45, 7) is 5.71. The van der Waals surface area contributed by atoms with E-state index in [9.17, 15) is 4.79 Å². The van der Waals surface area contributed by atoms with Gasteiger partial charge in [-0.2, -0.15) is 0 Å². The number of hydrogen-bond acceptors (Lipinski definition) is 5. The maximum Gasteiger partial charge on any atom is 0.240 e. The van der Waals surface area contributed by atoms with Gasteiger partial charge in [-0.1, -0.05) is 37.6 Å². The number of nitrogens with one attached hydrogen (secondary N) is 2. The van der Waals surface area contributed by atoms with E-state index in [4.69, 9.17) is 17.3 Å². The van der Waals surface area contributed by atoms with Gasteiger partial charge in [0.25, 0.3) is 0 Å². The Balaban J connectivity index is 1.44. The number of aromatic amines is 1. The predicted molar refractivity (Wildman–Crippen MR) is 129 cm³/mol. The number of carbonyl (C=O) groups is 1. The van der Waals surface area contributed by atoms with E-state index in [-0.39, 0.29) is 11.9 Å². The van der Waals surface area contributed by atoms with Crippen molar-refractivity contribution in [1.29, 1.82) is 0 Å². The van der Waals surface area contributed by atoms with Crippen LogP contribution in [0.5, 0.6) is 0 Å². The van der Waals surface area contributed by atoms with Gasteiger partial charge in [-0.15, -0.1) is 0 Å². The number of aromatic nitrogens is 3. The molecule has 1 aliphatic heterocycles. The molecule has 3 aromatic rings. The molecular formula is C24H31ClN6O. The van der Waals surface area contributed by atoms with Crippen molar-refractivity contribution in [2.75, 3.05) is 18.0 Å². The molecule has 0 bridgehead atoms. The van der Waals surface area contributed by atoms with Crippen molar-refractivity contribution in [2.24, 2.45) is 11.7 Å². The molecule has 1 fully saturated rings. The Kier molecular flexibility index (Phi) is 6.67. The molecule has 1 aliphatic rings. The molecule has 0 unspecified atom stereocenters. The van der Waals surface area contributed by atoms with Crippen molar-refractivity contribution >= 4 is 34.4 Å². The van der Waals surface area contributed by atoms with Gasteiger partial charge in [0.2, 0.25) is 5.91 Å². The summed E-state index contributed by atoms with van der Waals surface area (Å²) in [4.78, 5) is 27.4. The Morgan fingerprint density at radius 3 is 2.59 bits per heavy atom. The highest BCUT2D eigenvalue weighted by Crippen LogP contribution is 2.29. The van der Waals surface area contributed by atoms with Gasteiger partial charge in [-0.25, -0.2) is 9.97 Å². The van der Waals surface area contributed by atoms with Crippen molar-refractivity contribution in [2.45, 2.75) is 51.1 Å². The van der Waals surface area contributed by atoms with Crippen molar-refractivity contribution < 1.29 is 4.79 Å². The zero-order valence-electron chi connectivity index (χ0n) is 18.6. The van der Waals surface area contributed by atoms with E-state index in [1.165, 1.54) is 0 Å². The molecule has 8 heteroatoms. The van der Waals surface area contributed by atoms with E-state index < -0.39 is 5.54 Å². The lowest BCUT2D eigenvalue weighted by Crippen LogP contribution is -2.60. The highest BCUT2D eigenvalue weighted by Gasteiger charge is 2.39. The number of nitrogens with zero attached hydrogens (tertiary/aromatic N) is 3. The number of nitrogens with two attached hydrogens (primary N) is 1. The first-order chi connectivity index (χ1) is 15.4. The summed E-state index contributed by atoms with van der Waals surface area (Å²) in [5.41, 5.74) is 7.61. The molecule has 0 saturated carbocycles. The number of rotatable bonds is 7. The lowest BCUT2D eigenvalue weighted by atomic mass is 9.86. The Labute approximate surface area is 193 Å². The number of piperidine rings is 1. The molecule has 2 aromatic heterocycles. The van der Waals surface area contributed by atoms with E-state index in [1.54, 1.807) is 6.33 Å². The highest BCUT2D eigenvalue weighted by molar-refractivity contribution is 6.30. The second kappa shape index (κ2) is 9.46. The largest absolute Gasteiger partial charge is 0.356 e. The van der Waals surface area contributed by atoms with E-state index in [0.29, 0.717) is 36.9 Å². The third kappa shape index (κ3) is 4.89. The molecule has 7 nitrogen and oxygen atoms in total. The summed E-state index contributed by atoms with van der Waals surface area (Å²) < 4.78 is 0. The molecule has 0 radical (unpaired) electrons. The minimum absolute atomic E-state index is 0.0815. The van der Waals surface area contributed by atoms with E-state index in [2.05, 4.69) is 39.0 Å². The number of carbonyl (C=O) groups excluding carboxylic acids is 1. The average molecular weight is 455 g/mol. The van der Waals surface area contributed by atoms with Gasteiger partial charge in [-0.3, -0.25) is 4.79 Å². The summed E-state index contributed by atoms with van der Waals surface area (Å²) in [7, 11) is 0. The third-order valence-corrected chi connectivity index (χ3v) is 6.60. The zero-order valence-corrected chi connectivity index (χ0v) is 19.4. The molecule has 0 aliphatic carbocycles. The standard InChI is InChI=1S/C24H31ClN6O/c1-16(2)3-8-20(17-4-6-18(25)7-5-17)30-23(32)24(26)10-13-31(14-11-24)22-19-9-12-27-21(19)28-15-29-22/h4-7,9,12,15-16,20H,3,8,10-11,13-14,26H2,1-2H3,(H,30,32)(H,27,28,29)/t20-/m0/s1. The molecule has 1 saturated heterocycles. The van der Waals surface area contributed by atoms with Gasteiger partial charge in [0.15, 0.2) is 0 Å². The lowest BCUT2D eigenvalue weighted by molar-refractivity contribution is -0.128. The van der Waals surface area contributed by atoms with Crippen LogP contribution in [0, 0.1) is 5.92 Å². The maximum absolute atomic E-state index is 13.3. The second-order valence-electron chi connectivity index (χ2n) is 9.13. The number of amides is 1. The number of halogens is 1. The first-order valence-corrected chi connectivity index (χ1v) is 11.6. The molecule has 0 spiro atoms. The van der Waals surface area contributed by atoms with Gasteiger partial charge in [0, 0.05) is 24.3 Å². The summed E-state index contributed by atoms with van der Waals surface area (Å²) in [5.74, 6) is 1.35. The van der Waals surface area contributed by atoms with Gasteiger partial charge >= 0.3 is 0 Å². The lowest BCUT2D eigenvalue weighted by Gasteiger charge is -2.39. The van der Waals surface area contributed by atoms with Gasteiger partial charge in [0.1, 0.15) is 17.8 Å². The molecule has 1 aromatic carbocycles. The number of fused-ring (bicyclic) bond motifs is 1. The Morgan fingerprint density at radius 2 is 1.91 bits per heavy atom. The van der Waals surface area contributed by atoms with Crippen LogP contribution in [0.25, 0.3) is 11.0 Å². The zero-order chi connectivity index (χ0) is 22.7. The Bertz CT molecular complexity index is 1060. The Hall–Kier alpha value is -2.64. The van der Waals surface area contributed by atoms with Crippen molar-refractivity contribution in [1.82, 2.24) is 20.3 Å². The highest BCUT2D eigenvalue weighted by atomic mass is 35.5. The van der Waals surface area contributed by atoms with Gasteiger partial charge < -0.3 is 20.9 Å². The van der Waals surface area contributed by atoms with Crippen LogP contribution in [0.15, 0.2) is 42.9 Å². The summed E-state index contributed by atoms with van der Waals surface area (Å²) in [6.07, 6.45) is 6.43. The molecular weight excluding hydrogens is 424 g/mol. The van der Waals surface area contributed by atoms with Crippen LogP contribution in [-0.4, -0.2) is 39.5 Å². The molecule has 1 amide bonds. The van der Waals surface area contributed by atoms with Gasteiger partial charge in [-0.05, 0) is 55.4 Å². The van der Waals surface area contributed by atoms with Crippen LogP contribution >= 0.6 is 11.6 Å². The number of benzene rings is 1. The molecule has 4 rings (SSSR count). The van der Waals surface area contributed by atoms with Crippen molar-refractivity contribution in [3.63, 3.8) is 0 Å². The molecule has 3 heterocycles. The van der Waals surface area contributed by atoms with Crippen LogP contribution < -0.4 is 16.0 Å². The molecule has 1 atom stereocenters. The first-order valence-electron chi connectivity index (χ1n) is 11.2. The topological polar surface area (TPSA) is 99.9 Å². The van der Waals surface area contributed by atoms with E-state index >= 15 is 0 Å². The fourth-order valence-corrected chi connectivity index (χ4v) is 4.40. The third-order valence-electron chi connectivity index (χ3n) is 6.35. The molecule has 32 heavy (non-hydrogen) atoms. The summed E-state index contributed by atoms with van der Waals surface area (Å²) in [6, 6.07) is 9.60. The quantitative estimate of drug-likeness (QED) is 0.496. The fourth-order valence-electron chi connectivity index (χ4n) is 4.27.